The molecular formula is C82H118F3N13O14S. The first kappa shape index (κ1) is 87.3. The molecule has 31 heteroatoms. The molecule has 4 fully saturated rings. The number of aromatic nitrogens is 4. The molecule has 113 heavy (non-hydrogen) atoms. The van der Waals surface area contributed by atoms with Crippen molar-refractivity contribution in [2.75, 3.05) is 32.1 Å². The molecule has 1 aromatic carbocycles. The summed E-state index contributed by atoms with van der Waals surface area (Å²) in [5.41, 5.74) is 2.85. The smallest absolute Gasteiger partial charge is 0.391 e. The molecule has 4 saturated heterocycles. The largest absolute Gasteiger partial charge is 0.435 e. The number of nitrogens with zero attached hydrogens (tertiary/aromatic N) is 12. The molecule has 13 rings (SSSR count). The summed E-state index contributed by atoms with van der Waals surface area (Å²) in [4.78, 5) is 79.8. The SMILES string of the molecule is C=S1(=O)CN=C(C2CC(O)CN2C(=O)C(c2cc(C)no2)C(C)C)N1.Cc1cc([C@@H](C(=O)N2C[C@H](O)C[C@H]2C2=NC(C)(C)C(C)(C)C2)C(C)C)on1.Cc1cc([C@H](C(=O)N2C[C@H](O)C[C@@H]2C2=NC(C)(C)C(C)(C)C2)C(C)C)on1.Cc1ccc([C@@]2(C(F)(F)F)CC([C@@H]3C[C@@H](O)CN3C(=O)[C@@H](c3cc(C)no3)C(C)C)=NO2)cc1. The fourth-order valence-electron chi connectivity index (χ4n) is 16.6. The van der Waals surface area contributed by atoms with Crippen LogP contribution in [0.2, 0.25) is 0 Å². The molecular weight excluding hydrogens is 1480 g/mol. The molecule has 4 aromatic heterocycles. The Kier molecular flexibility index (Phi) is 25.7. The second-order valence-electron chi connectivity index (χ2n) is 36.0. The summed E-state index contributed by atoms with van der Waals surface area (Å²) in [7, 11) is -2.49. The van der Waals surface area contributed by atoms with Gasteiger partial charge >= 0.3 is 6.18 Å². The Morgan fingerprint density at radius 3 is 1.05 bits per heavy atom. The lowest BCUT2D eigenvalue weighted by Gasteiger charge is -2.32. The summed E-state index contributed by atoms with van der Waals surface area (Å²) in [6, 6.07) is 11.5. The molecule has 0 bridgehead atoms. The molecule has 0 radical (unpaired) electrons. The average molecular weight is 1600 g/mol. The van der Waals surface area contributed by atoms with Gasteiger partial charge < -0.3 is 63.0 Å². The zero-order valence-corrected chi connectivity index (χ0v) is 70.1. The highest BCUT2D eigenvalue weighted by Gasteiger charge is 2.64. The Morgan fingerprint density at radius 1 is 0.496 bits per heavy atom. The molecule has 14 atom stereocenters. The summed E-state index contributed by atoms with van der Waals surface area (Å²) < 4.78 is 79.3. The first-order valence-corrected chi connectivity index (χ1v) is 41.3. The Hall–Kier alpha value is -8.13. The summed E-state index contributed by atoms with van der Waals surface area (Å²) in [6.07, 6.45) is -4.64. The van der Waals surface area contributed by atoms with E-state index in [4.69, 9.17) is 32.9 Å². The number of oxime groups is 1. The fraction of sp³-hybridized carbons (Fsp3) is 0.671. The normalized spacial score (nSPS) is 27.9. The second-order valence-corrected chi connectivity index (χ2v) is 38.1. The number of rotatable bonds is 17. The Balaban J connectivity index is 0.000000161. The van der Waals surface area contributed by atoms with Crippen molar-refractivity contribution in [3.63, 3.8) is 0 Å². The number of nitrogens with one attached hydrogen (secondary N) is 1. The van der Waals surface area contributed by atoms with E-state index in [1.165, 1.54) is 17.0 Å². The van der Waals surface area contributed by atoms with Crippen molar-refractivity contribution in [2.24, 2.45) is 54.6 Å². The number of halogens is 3. The van der Waals surface area contributed by atoms with Gasteiger partial charge in [-0.15, -0.1) is 0 Å². The number of amidine groups is 1. The lowest BCUT2D eigenvalue weighted by atomic mass is 9.74. The molecule has 5 aromatic rings. The minimum Gasteiger partial charge on any atom is -0.391 e. The Labute approximate surface area is 661 Å². The number of aliphatic imine (C=N–C) groups is 3. The maximum Gasteiger partial charge on any atom is 0.435 e. The van der Waals surface area contributed by atoms with E-state index in [1.807, 2.05) is 91.2 Å². The second kappa shape index (κ2) is 33.2. The van der Waals surface area contributed by atoms with Gasteiger partial charge in [-0.1, -0.05) is 139 Å². The number of amides is 4. The van der Waals surface area contributed by atoms with E-state index >= 15 is 0 Å². The molecule has 622 valence electrons. The monoisotopic (exact) mass is 1600 g/mol. The van der Waals surface area contributed by atoms with Gasteiger partial charge in [0.2, 0.25) is 23.6 Å². The number of likely N-dealkylation sites (tertiary alicyclic amines) is 4. The molecule has 5 N–H and O–H groups in total. The van der Waals surface area contributed by atoms with Crippen LogP contribution in [-0.2, 0) is 39.3 Å². The summed E-state index contributed by atoms with van der Waals surface area (Å²) in [5.74, 6) is 3.71. The minimum atomic E-state index is -4.74. The number of aryl methyl sites for hydroxylation is 5. The van der Waals surface area contributed by atoms with Crippen LogP contribution in [0.15, 0.2) is 86.8 Å². The highest BCUT2D eigenvalue weighted by atomic mass is 32.2. The molecule has 0 saturated carbocycles. The number of aliphatic hydroxyl groups is 4. The number of carbonyl (C=O) groups excluding carboxylic acids is 4. The van der Waals surface area contributed by atoms with Gasteiger partial charge in [0.25, 0.3) is 5.60 Å². The van der Waals surface area contributed by atoms with Crippen LogP contribution in [0.3, 0.4) is 0 Å². The lowest BCUT2D eigenvalue weighted by molar-refractivity contribution is -0.275. The predicted octanol–water partition coefficient (Wildman–Crippen LogP) is 11.2. The number of carbonyl (C=O) groups is 4. The van der Waals surface area contributed by atoms with Gasteiger partial charge in [0.1, 0.15) is 58.4 Å². The maximum atomic E-state index is 14.3. The lowest BCUT2D eigenvalue weighted by Crippen LogP contribution is -2.47. The van der Waals surface area contributed by atoms with Crippen molar-refractivity contribution in [3.8, 4) is 0 Å². The molecule has 27 nitrogen and oxygen atoms in total. The van der Waals surface area contributed by atoms with Crippen molar-refractivity contribution in [1.29, 1.82) is 0 Å². The Morgan fingerprint density at radius 2 is 0.796 bits per heavy atom. The fourth-order valence-corrected chi connectivity index (χ4v) is 17.6. The van der Waals surface area contributed by atoms with Crippen LogP contribution in [-0.4, -0.2) is 215 Å². The van der Waals surface area contributed by atoms with E-state index in [1.54, 1.807) is 49.9 Å². The van der Waals surface area contributed by atoms with Crippen LogP contribution < -0.4 is 4.72 Å². The third kappa shape index (κ3) is 18.6. The van der Waals surface area contributed by atoms with Crippen LogP contribution in [0.1, 0.15) is 236 Å². The van der Waals surface area contributed by atoms with Crippen molar-refractivity contribution >= 4 is 62.2 Å². The molecule has 0 aliphatic carbocycles. The first-order valence-electron chi connectivity index (χ1n) is 39.4. The molecule has 8 aliphatic rings. The highest BCUT2D eigenvalue weighted by Crippen LogP contribution is 2.51. The number of alkyl halides is 3. The zero-order chi connectivity index (χ0) is 83.5. The average Bonchev–Trinajstić information content (AvgIpc) is 1.59. The van der Waals surface area contributed by atoms with Crippen molar-refractivity contribution in [1.82, 2.24) is 44.9 Å². The van der Waals surface area contributed by atoms with E-state index in [9.17, 15) is 57.0 Å². The third-order valence-electron chi connectivity index (χ3n) is 24.1. The third-order valence-corrected chi connectivity index (χ3v) is 25.3. The zero-order valence-electron chi connectivity index (χ0n) is 69.3. The van der Waals surface area contributed by atoms with Gasteiger partial charge in [-0.2, -0.15) is 13.2 Å². The standard InChI is InChI=1S/C24H28F3N3O4.2C21H33N3O3.C16H24N4O4S/c1-13(2)21(20-9-15(4)28-33-20)22(32)30-12-17(31)10-19(30)18-11-23(34-29-18,24(25,26)27)16-7-5-14(3)6-8-16;2*1-12(2)18(17-8-13(3)23-27-17)19(26)24-11-14(25)9-16(24)15-10-20(4,5)21(6,7)22-15;1-9(2)14(13-5-10(3)18-24-13)16(22)20-7-11(21)6-12(20)15-17-8-25(4,23)19-15/h5-9,13,17,19,21,31H,10-12H2,1-4H3;2*8,12,14,16,18,25H,9-11H2,1-7H3;5,9,11-12,14,21H,4,6-8H2,1-3H3,(H,17,19,23)/t17-,19+,21-,23-;14-,16+,18+;14-,16-,18-;/m111./s1. The minimum absolute atomic E-state index is 0.00575. The van der Waals surface area contributed by atoms with E-state index in [0.29, 0.717) is 72.6 Å². The van der Waals surface area contributed by atoms with E-state index in [0.717, 1.165) is 41.2 Å². The van der Waals surface area contributed by atoms with Crippen LogP contribution in [0.5, 0.6) is 0 Å². The first-order chi connectivity index (χ1) is 52.5. The highest BCUT2D eigenvalue weighted by molar-refractivity contribution is 7.99. The van der Waals surface area contributed by atoms with Gasteiger partial charge in [-0.05, 0) is 116 Å². The molecule has 4 unspecified atom stereocenters. The number of hydrogen-bond donors (Lipinski definition) is 5. The van der Waals surface area contributed by atoms with Crippen molar-refractivity contribution < 1.29 is 79.9 Å². The number of benzene rings is 1. The van der Waals surface area contributed by atoms with Gasteiger partial charge in [0, 0.05) is 99.5 Å². The van der Waals surface area contributed by atoms with E-state index in [-0.39, 0.29) is 118 Å². The number of aliphatic hydroxyl groups excluding tert-OH is 4. The maximum absolute atomic E-state index is 14.3. The van der Waals surface area contributed by atoms with Crippen LogP contribution >= 0.6 is 0 Å². The van der Waals surface area contributed by atoms with Crippen molar-refractivity contribution in [2.45, 2.75) is 285 Å². The van der Waals surface area contributed by atoms with Gasteiger partial charge in [-0.25, -0.2) is 4.21 Å². The van der Waals surface area contributed by atoms with Gasteiger partial charge in [0.15, 0.2) is 0 Å². The van der Waals surface area contributed by atoms with Gasteiger partial charge in [0.05, 0.1) is 97.9 Å². The topological polar surface area (TPSA) is 354 Å². The molecule has 8 aliphatic heterocycles. The van der Waals surface area contributed by atoms with E-state index < -0.39 is 88.1 Å². The summed E-state index contributed by atoms with van der Waals surface area (Å²) >= 11 is 0. The summed E-state index contributed by atoms with van der Waals surface area (Å²) in [6.45, 7) is 43.0. The Bertz CT molecular complexity index is 4370. The van der Waals surface area contributed by atoms with Crippen LogP contribution in [0, 0.1) is 69.1 Å². The number of β-amino-alcohol motifs (C(OH)–C–C–N with tert-alkyl or cyclic N) is 4. The quantitative estimate of drug-likeness (QED) is 0.0540. The van der Waals surface area contributed by atoms with Gasteiger partial charge in [-0.3, -0.25) is 38.9 Å². The molecule has 12 heterocycles. The summed E-state index contributed by atoms with van der Waals surface area (Å²) in [5, 5.41) is 60.7. The predicted molar refractivity (Wildman–Crippen MR) is 422 cm³/mol. The number of hydrogen-bond acceptors (Lipinski definition) is 22. The molecule has 4 amide bonds. The van der Waals surface area contributed by atoms with E-state index in [2.05, 4.69) is 96.8 Å². The van der Waals surface area contributed by atoms with Crippen LogP contribution in [0.25, 0.3) is 0 Å². The van der Waals surface area contributed by atoms with Crippen molar-refractivity contribution in [3.05, 3.63) is 105 Å². The molecule has 0 spiro atoms. The van der Waals surface area contributed by atoms with Crippen LogP contribution in [0.4, 0.5) is 13.2 Å².